The molecule has 5 nitrogen and oxygen atoms in total. The average Bonchev–Trinajstić information content (AvgIpc) is 2.69. The Morgan fingerprint density at radius 3 is 2.46 bits per heavy atom. The number of terminal acetylenes is 1. The fourth-order valence-electron chi connectivity index (χ4n) is 2.25. The lowest BCUT2D eigenvalue weighted by atomic mass is 10.0. The molecule has 0 heterocycles. The summed E-state index contributed by atoms with van der Waals surface area (Å²) >= 11 is 0. The van der Waals surface area contributed by atoms with Crippen LogP contribution in [0, 0.1) is 35.4 Å². The Kier molecular flexibility index (Phi) is 7.16. The number of ether oxygens (including phenoxy) is 3. The Morgan fingerprint density at radius 2 is 1.77 bits per heavy atom. The molecule has 0 amide bonds. The summed E-state index contributed by atoms with van der Waals surface area (Å²) in [6.07, 6.45) is 12.8. The molecule has 0 aliphatic carbocycles. The largest absolute Gasteiger partial charge is 0.479 e. The van der Waals surface area contributed by atoms with Gasteiger partial charge in [-0.3, -0.25) is 0 Å². The van der Waals surface area contributed by atoms with Gasteiger partial charge in [0.2, 0.25) is 0 Å². The molecule has 0 fully saturated rings. The second kappa shape index (κ2) is 10.1. The third-order valence-corrected chi connectivity index (χ3v) is 3.46. The van der Waals surface area contributed by atoms with E-state index in [2.05, 4.69) is 6.11 Å². The van der Waals surface area contributed by atoms with Crippen molar-refractivity contribution >= 4 is 12.2 Å². The maximum Gasteiger partial charge on any atom is 0.286 e. The van der Waals surface area contributed by atoms with E-state index in [1.165, 1.54) is 0 Å². The SMILES string of the molecule is C#COCc1ccc(/C=C/c2ccc(OCC#N)cc2)c(COC#N)c1. The van der Waals surface area contributed by atoms with Gasteiger partial charge in [-0.25, -0.2) is 0 Å². The molecule has 0 N–H and O–H groups in total. The molecule has 0 unspecified atom stereocenters. The molecular formula is C21H16N2O3. The Labute approximate surface area is 152 Å². The topological polar surface area (TPSA) is 75.3 Å². The van der Waals surface area contributed by atoms with Gasteiger partial charge in [0.25, 0.3) is 6.26 Å². The molecule has 0 aliphatic heterocycles. The predicted molar refractivity (Wildman–Crippen MR) is 96.9 cm³/mol. The third-order valence-electron chi connectivity index (χ3n) is 3.46. The van der Waals surface area contributed by atoms with Crippen molar-refractivity contribution in [3.63, 3.8) is 0 Å². The molecule has 2 aromatic rings. The molecule has 2 rings (SSSR count). The summed E-state index contributed by atoms with van der Waals surface area (Å²) in [6, 6.07) is 15.0. The first-order valence-corrected chi connectivity index (χ1v) is 7.75. The van der Waals surface area contributed by atoms with Gasteiger partial charge in [0, 0.05) is 0 Å². The maximum atomic E-state index is 8.65. The van der Waals surface area contributed by atoms with Crippen LogP contribution in [0.15, 0.2) is 42.5 Å². The van der Waals surface area contributed by atoms with E-state index < -0.39 is 0 Å². The molecule has 0 aliphatic rings. The normalized spacial score (nSPS) is 9.73. The summed E-state index contributed by atoms with van der Waals surface area (Å²) in [5.41, 5.74) is 3.65. The zero-order valence-electron chi connectivity index (χ0n) is 14.0. The van der Waals surface area contributed by atoms with Crippen LogP contribution in [-0.2, 0) is 22.7 Å². The van der Waals surface area contributed by atoms with E-state index in [1.807, 2.05) is 48.6 Å². The summed E-state index contributed by atoms with van der Waals surface area (Å²) in [5, 5.41) is 17.2. The highest BCUT2D eigenvalue weighted by Crippen LogP contribution is 2.19. The monoisotopic (exact) mass is 344 g/mol. The lowest BCUT2D eigenvalue weighted by Crippen LogP contribution is -1.95. The van der Waals surface area contributed by atoms with Crippen LogP contribution in [0.4, 0.5) is 0 Å². The van der Waals surface area contributed by atoms with Crippen molar-refractivity contribution in [1.29, 1.82) is 10.5 Å². The lowest BCUT2D eigenvalue weighted by molar-refractivity contribution is 0.254. The zero-order valence-corrected chi connectivity index (χ0v) is 14.0. The first-order valence-electron chi connectivity index (χ1n) is 7.75. The summed E-state index contributed by atoms with van der Waals surface area (Å²) < 4.78 is 15.1. The van der Waals surface area contributed by atoms with Crippen LogP contribution in [0.25, 0.3) is 12.2 Å². The van der Waals surface area contributed by atoms with Gasteiger partial charge in [0.15, 0.2) is 6.61 Å². The summed E-state index contributed by atoms with van der Waals surface area (Å²) in [4.78, 5) is 0. The van der Waals surface area contributed by atoms with E-state index in [9.17, 15) is 0 Å². The number of hydrogen-bond donors (Lipinski definition) is 0. The van der Waals surface area contributed by atoms with Gasteiger partial charge in [0.1, 0.15) is 31.1 Å². The van der Waals surface area contributed by atoms with Crippen molar-refractivity contribution in [3.05, 3.63) is 64.7 Å². The maximum absolute atomic E-state index is 8.65. The smallest absolute Gasteiger partial charge is 0.286 e. The lowest BCUT2D eigenvalue weighted by Gasteiger charge is -2.08. The van der Waals surface area contributed by atoms with E-state index in [4.69, 9.17) is 31.2 Å². The fourth-order valence-corrected chi connectivity index (χ4v) is 2.25. The third kappa shape index (κ3) is 5.64. The number of hydrogen-bond acceptors (Lipinski definition) is 5. The Morgan fingerprint density at radius 1 is 0.962 bits per heavy atom. The van der Waals surface area contributed by atoms with Gasteiger partial charge < -0.3 is 14.2 Å². The van der Waals surface area contributed by atoms with Crippen molar-refractivity contribution in [3.8, 4) is 30.6 Å². The molecule has 26 heavy (non-hydrogen) atoms. The second-order valence-corrected chi connectivity index (χ2v) is 5.17. The summed E-state index contributed by atoms with van der Waals surface area (Å²) in [7, 11) is 0. The first kappa shape index (κ1) is 18.5. The Bertz CT molecular complexity index is 881. The van der Waals surface area contributed by atoms with E-state index in [0.29, 0.717) is 12.4 Å². The van der Waals surface area contributed by atoms with E-state index in [1.54, 1.807) is 18.4 Å². The van der Waals surface area contributed by atoms with Gasteiger partial charge in [-0.15, -0.1) is 0 Å². The Balaban J connectivity index is 2.16. The molecule has 0 atom stereocenters. The van der Waals surface area contributed by atoms with Crippen LogP contribution < -0.4 is 4.74 Å². The highest BCUT2D eigenvalue weighted by molar-refractivity contribution is 5.71. The second-order valence-electron chi connectivity index (χ2n) is 5.17. The minimum Gasteiger partial charge on any atom is -0.479 e. The van der Waals surface area contributed by atoms with Crippen molar-refractivity contribution in [1.82, 2.24) is 0 Å². The van der Waals surface area contributed by atoms with Crippen LogP contribution >= 0.6 is 0 Å². The molecular weight excluding hydrogens is 328 g/mol. The van der Waals surface area contributed by atoms with Gasteiger partial charge in [-0.05, 0) is 40.5 Å². The standard InChI is InChI=1S/C21H16N2O3/c1-2-24-14-18-4-8-19(20(13-18)15-25-16-23)7-3-17-5-9-21(10-6-17)26-12-11-22/h1,3-10,13H,12,14-15H2/b7-3+. The van der Waals surface area contributed by atoms with Crippen molar-refractivity contribution < 1.29 is 14.2 Å². The van der Waals surface area contributed by atoms with Gasteiger partial charge in [-0.1, -0.05) is 42.8 Å². The van der Waals surface area contributed by atoms with E-state index in [-0.39, 0.29) is 13.2 Å². The van der Waals surface area contributed by atoms with Gasteiger partial charge >= 0.3 is 0 Å². The fraction of sp³-hybridized carbons (Fsp3) is 0.143. The molecule has 0 saturated carbocycles. The summed E-state index contributed by atoms with van der Waals surface area (Å²) in [6.45, 7) is 0.485. The molecule has 5 heteroatoms. The van der Waals surface area contributed by atoms with Crippen LogP contribution in [-0.4, -0.2) is 6.61 Å². The average molecular weight is 344 g/mol. The highest BCUT2D eigenvalue weighted by Gasteiger charge is 2.04. The number of benzene rings is 2. The first-order chi connectivity index (χ1) is 12.8. The molecule has 0 radical (unpaired) electrons. The predicted octanol–water partition coefficient (Wildman–Crippen LogP) is 3.86. The van der Waals surface area contributed by atoms with Gasteiger partial charge in [-0.2, -0.15) is 10.5 Å². The summed E-state index contributed by atoms with van der Waals surface area (Å²) in [5.74, 6) is 0.643. The molecule has 0 spiro atoms. The van der Waals surface area contributed by atoms with E-state index >= 15 is 0 Å². The van der Waals surface area contributed by atoms with E-state index in [0.717, 1.165) is 22.3 Å². The quantitative estimate of drug-likeness (QED) is 0.413. The highest BCUT2D eigenvalue weighted by atomic mass is 16.5. The Hall–Kier alpha value is -3.88. The molecule has 0 saturated heterocycles. The minimum absolute atomic E-state index is 0.0210. The van der Waals surface area contributed by atoms with Gasteiger partial charge in [0.05, 0.1) is 0 Å². The molecule has 0 aromatic heterocycles. The molecule has 0 bridgehead atoms. The number of rotatable bonds is 8. The van der Waals surface area contributed by atoms with Crippen molar-refractivity contribution in [2.24, 2.45) is 0 Å². The zero-order chi connectivity index (χ0) is 18.6. The van der Waals surface area contributed by atoms with Crippen LogP contribution in [0.2, 0.25) is 0 Å². The number of nitrogens with zero attached hydrogens (tertiary/aromatic N) is 2. The van der Waals surface area contributed by atoms with Crippen LogP contribution in [0.5, 0.6) is 5.75 Å². The van der Waals surface area contributed by atoms with Crippen molar-refractivity contribution in [2.45, 2.75) is 13.2 Å². The molecule has 128 valence electrons. The van der Waals surface area contributed by atoms with Crippen LogP contribution in [0.3, 0.4) is 0 Å². The number of nitriles is 2. The van der Waals surface area contributed by atoms with Crippen LogP contribution in [0.1, 0.15) is 22.3 Å². The molecule has 2 aromatic carbocycles. The van der Waals surface area contributed by atoms with Crippen molar-refractivity contribution in [2.75, 3.05) is 6.61 Å². The minimum atomic E-state index is 0.0210.